The van der Waals surface area contributed by atoms with E-state index in [4.69, 9.17) is 0 Å². The lowest BCUT2D eigenvalue weighted by Crippen LogP contribution is -2.29. The smallest absolute Gasteiger partial charge is 0.227 e. The highest BCUT2D eigenvalue weighted by atomic mass is 32.2. The van der Waals surface area contributed by atoms with Crippen molar-refractivity contribution >= 4 is 23.4 Å². The lowest BCUT2D eigenvalue weighted by Gasteiger charge is -2.17. The normalized spacial score (nSPS) is 13.2. The molecule has 0 aromatic heterocycles. The summed E-state index contributed by atoms with van der Waals surface area (Å²) in [6, 6.07) is 14.9. The van der Waals surface area contributed by atoms with E-state index < -0.39 is 0 Å². The van der Waals surface area contributed by atoms with Crippen molar-refractivity contribution in [2.45, 2.75) is 18.6 Å². The van der Waals surface area contributed by atoms with E-state index in [0.29, 0.717) is 23.5 Å². The zero-order valence-corrected chi connectivity index (χ0v) is 13.1. The second kappa shape index (κ2) is 6.97. The Hall–Kier alpha value is -1.81. The minimum absolute atomic E-state index is 0.158. The van der Waals surface area contributed by atoms with Crippen LogP contribution in [0.2, 0.25) is 0 Å². The number of hydrogen-bond acceptors (Lipinski definition) is 2. The van der Waals surface area contributed by atoms with Crippen molar-refractivity contribution in [3.8, 4) is 0 Å². The summed E-state index contributed by atoms with van der Waals surface area (Å²) in [7, 11) is 0. The van der Waals surface area contributed by atoms with Crippen LogP contribution in [0.25, 0.3) is 0 Å². The molecule has 3 rings (SSSR count). The van der Waals surface area contributed by atoms with Gasteiger partial charge in [0.05, 0.1) is 0 Å². The maximum absolute atomic E-state index is 13.5. The second-order valence-corrected chi connectivity index (χ2v) is 6.42. The van der Waals surface area contributed by atoms with E-state index in [2.05, 4.69) is 6.07 Å². The number of rotatable bonds is 5. The third-order valence-electron chi connectivity index (χ3n) is 3.86. The molecule has 1 aliphatic rings. The number of anilines is 1. The SMILES string of the molecule is O=C(CCSCc1ccccc1F)N1CCc2ccccc21. The zero-order chi connectivity index (χ0) is 15.4. The molecule has 0 unspecified atom stereocenters. The lowest BCUT2D eigenvalue weighted by molar-refractivity contribution is -0.118. The molecular weight excluding hydrogens is 297 g/mol. The first-order chi connectivity index (χ1) is 10.8. The maximum Gasteiger partial charge on any atom is 0.227 e. The monoisotopic (exact) mass is 315 g/mol. The fraction of sp³-hybridized carbons (Fsp3) is 0.278. The summed E-state index contributed by atoms with van der Waals surface area (Å²) >= 11 is 1.60. The van der Waals surface area contributed by atoms with E-state index in [1.54, 1.807) is 23.9 Å². The summed E-state index contributed by atoms with van der Waals surface area (Å²) in [5.74, 6) is 1.31. The molecule has 2 nitrogen and oxygen atoms in total. The molecule has 22 heavy (non-hydrogen) atoms. The molecule has 1 heterocycles. The van der Waals surface area contributed by atoms with Crippen molar-refractivity contribution in [3.05, 3.63) is 65.5 Å². The Balaban J connectivity index is 1.49. The van der Waals surface area contributed by atoms with E-state index in [1.165, 1.54) is 11.6 Å². The standard InChI is InChI=1S/C18H18FNOS/c19-16-7-3-1-6-15(16)13-22-12-10-18(21)20-11-9-14-5-2-4-8-17(14)20/h1-8H,9-13H2. The fourth-order valence-electron chi connectivity index (χ4n) is 2.69. The van der Waals surface area contributed by atoms with E-state index in [1.807, 2.05) is 29.2 Å². The van der Waals surface area contributed by atoms with Gasteiger partial charge in [0.15, 0.2) is 0 Å². The van der Waals surface area contributed by atoms with Gasteiger partial charge in [-0.25, -0.2) is 4.39 Å². The Kier molecular flexibility index (Phi) is 4.78. The molecule has 0 saturated heterocycles. The van der Waals surface area contributed by atoms with Crippen LogP contribution in [0, 0.1) is 5.82 Å². The second-order valence-electron chi connectivity index (χ2n) is 5.32. The molecule has 4 heteroatoms. The van der Waals surface area contributed by atoms with Crippen molar-refractivity contribution in [1.82, 2.24) is 0 Å². The van der Waals surface area contributed by atoms with Gasteiger partial charge in [0.2, 0.25) is 5.91 Å². The number of thioether (sulfide) groups is 1. The Morgan fingerprint density at radius 1 is 1.14 bits per heavy atom. The molecule has 0 radical (unpaired) electrons. The van der Waals surface area contributed by atoms with Gasteiger partial charge in [-0.05, 0) is 29.7 Å². The molecule has 1 amide bonds. The van der Waals surface area contributed by atoms with Crippen LogP contribution in [-0.4, -0.2) is 18.2 Å². The van der Waals surface area contributed by atoms with Crippen LogP contribution < -0.4 is 4.90 Å². The zero-order valence-electron chi connectivity index (χ0n) is 12.3. The Bertz CT molecular complexity index is 674. The first kappa shape index (κ1) is 15.1. The number of benzene rings is 2. The van der Waals surface area contributed by atoms with Gasteiger partial charge in [-0.3, -0.25) is 4.79 Å². The van der Waals surface area contributed by atoms with Gasteiger partial charge in [-0.2, -0.15) is 11.8 Å². The van der Waals surface area contributed by atoms with E-state index in [0.717, 1.165) is 18.7 Å². The molecule has 0 N–H and O–H groups in total. The summed E-state index contributed by atoms with van der Waals surface area (Å²) in [6.45, 7) is 0.774. The van der Waals surface area contributed by atoms with Gasteiger partial charge >= 0.3 is 0 Å². The number of halogens is 1. The Morgan fingerprint density at radius 3 is 2.77 bits per heavy atom. The molecule has 2 aromatic carbocycles. The van der Waals surface area contributed by atoms with Gasteiger partial charge in [-0.1, -0.05) is 36.4 Å². The minimum atomic E-state index is -0.171. The predicted octanol–water partition coefficient (Wildman–Crippen LogP) is 4.04. The number of nitrogens with zero attached hydrogens (tertiary/aromatic N) is 1. The van der Waals surface area contributed by atoms with Crippen LogP contribution in [-0.2, 0) is 17.0 Å². The average molecular weight is 315 g/mol. The predicted molar refractivity (Wildman–Crippen MR) is 89.7 cm³/mol. The minimum Gasteiger partial charge on any atom is -0.312 e. The summed E-state index contributed by atoms with van der Waals surface area (Å²) in [5, 5.41) is 0. The van der Waals surface area contributed by atoms with Crippen LogP contribution in [0.3, 0.4) is 0 Å². The molecule has 1 aliphatic heterocycles. The quantitative estimate of drug-likeness (QED) is 0.776. The summed E-state index contributed by atoms with van der Waals surface area (Å²) in [5.41, 5.74) is 2.99. The number of carbonyl (C=O) groups excluding carboxylic acids is 1. The summed E-state index contributed by atoms with van der Waals surface area (Å²) < 4.78 is 13.5. The maximum atomic E-state index is 13.5. The number of hydrogen-bond donors (Lipinski definition) is 0. The van der Waals surface area contributed by atoms with E-state index >= 15 is 0 Å². The highest BCUT2D eigenvalue weighted by molar-refractivity contribution is 7.98. The number of carbonyl (C=O) groups is 1. The van der Waals surface area contributed by atoms with Crippen LogP contribution in [0.5, 0.6) is 0 Å². The molecule has 0 aliphatic carbocycles. The topological polar surface area (TPSA) is 20.3 Å². The number of fused-ring (bicyclic) bond motifs is 1. The molecule has 114 valence electrons. The Morgan fingerprint density at radius 2 is 1.91 bits per heavy atom. The van der Waals surface area contributed by atoms with Crippen molar-refractivity contribution < 1.29 is 9.18 Å². The van der Waals surface area contributed by atoms with Gasteiger partial charge < -0.3 is 4.90 Å². The van der Waals surface area contributed by atoms with Crippen molar-refractivity contribution in [1.29, 1.82) is 0 Å². The third-order valence-corrected chi connectivity index (χ3v) is 4.87. The lowest BCUT2D eigenvalue weighted by atomic mass is 10.2. The third kappa shape index (κ3) is 3.33. The van der Waals surface area contributed by atoms with Crippen LogP contribution in [0.15, 0.2) is 48.5 Å². The van der Waals surface area contributed by atoms with Gasteiger partial charge in [0, 0.05) is 30.2 Å². The van der Waals surface area contributed by atoms with Gasteiger partial charge in [0.1, 0.15) is 5.82 Å². The molecule has 2 aromatic rings. The van der Waals surface area contributed by atoms with Gasteiger partial charge in [0.25, 0.3) is 0 Å². The van der Waals surface area contributed by atoms with E-state index in [-0.39, 0.29) is 11.7 Å². The fourth-order valence-corrected chi connectivity index (χ4v) is 3.61. The number of para-hydroxylation sites is 1. The largest absolute Gasteiger partial charge is 0.312 e. The highest BCUT2D eigenvalue weighted by Gasteiger charge is 2.23. The van der Waals surface area contributed by atoms with E-state index in [9.17, 15) is 9.18 Å². The summed E-state index contributed by atoms with van der Waals surface area (Å²) in [6.07, 6.45) is 1.43. The number of amides is 1. The highest BCUT2D eigenvalue weighted by Crippen LogP contribution is 2.28. The molecule has 0 atom stereocenters. The summed E-state index contributed by atoms with van der Waals surface area (Å²) in [4.78, 5) is 14.2. The van der Waals surface area contributed by atoms with Crippen LogP contribution >= 0.6 is 11.8 Å². The Labute approximate surface area is 134 Å². The van der Waals surface area contributed by atoms with Crippen LogP contribution in [0.1, 0.15) is 17.5 Å². The first-order valence-electron chi connectivity index (χ1n) is 7.45. The first-order valence-corrected chi connectivity index (χ1v) is 8.60. The molecule has 0 saturated carbocycles. The van der Waals surface area contributed by atoms with Crippen molar-refractivity contribution in [3.63, 3.8) is 0 Å². The molecular formula is C18H18FNOS. The molecule has 0 bridgehead atoms. The van der Waals surface area contributed by atoms with Crippen molar-refractivity contribution in [2.75, 3.05) is 17.2 Å². The average Bonchev–Trinajstić information content (AvgIpc) is 2.97. The van der Waals surface area contributed by atoms with Crippen LogP contribution in [0.4, 0.5) is 10.1 Å². The van der Waals surface area contributed by atoms with Crippen molar-refractivity contribution in [2.24, 2.45) is 0 Å². The van der Waals surface area contributed by atoms with Gasteiger partial charge in [-0.15, -0.1) is 0 Å². The molecule has 0 fully saturated rings. The molecule has 0 spiro atoms.